The summed E-state index contributed by atoms with van der Waals surface area (Å²) in [5.41, 5.74) is 4.62. The van der Waals surface area contributed by atoms with Gasteiger partial charge in [0.05, 0.1) is 11.8 Å². The average Bonchev–Trinajstić information content (AvgIpc) is 2.62. The van der Waals surface area contributed by atoms with Gasteiger partial charge in [0.1, 0.15) is 0 Å². The SMILES string of the molecule is CO[C@@]12C=C(C)c3ccc(C)cc3[C@H]1[C@H](C)C(=O)O2. The summed E-state index contributed by atoms with van der Waals surface area (Å²) >= 11 is 0. The topological polar surface area (TPSA) is 35.5 Å². The summed E-state index contributed by atoms with van der Waals surface area (Å²) in [6.07, 6.45) is 1.94. The van der Waals surface area contributed by atoms with Crippen LogP contribution in [-0.4, -0.2) is 18.9 Å². The molecule has 1 aliphatic heterocycles. The van der Waals surface area contributed by atoms with E-state index in [-0.39, 0.29) is 17.8 Å². The highest BCUT2D eigenvalue weighted by molar-refractivity contribution is 5.82. The van der Waals surface area contributed by atoms with Gasteiger partial charge in [-0.05, 0) is 36.6 Å². The Morgan fingerprint density at radius 1 is 1.32 bits per heavy atom. The quantitative estimate of drug-likeness (QED) is 0.726. The van der Waals surface area contributed by atoms with E-state index in [4.69, 9.17) is 9.47 Å². The predicted molar refractivity (Wildman–Crippen MR) is 72.6 cm³/mol. The van der Waals surface area contributed by atoms with Crippen molar-refractivity contribution in [3.05, 3.63) is 41.0 Å². The first kappa shape index (κ1) is 12.4. The van der Waals surface area contributed by atoms with Crippen molar-refractivity contribution >= 4 is 11.5 Å². The number of fused-ring (bicyclic) bond motifs is 3. The van der Waals surface area contributed by atoms with Crippen LogP contribution in [-0.2, 0) is 14.3 Å². The molecule has 0 bridgehead atoms. The highest BCUT2D eigenvalue weighted by atomic mass is 16.7. The van der Waals surface area contributed by atoms with Gasteiger partial charge < -0.3 is 9.47 Å². The van der Waals surface area contributed by atoms with Crippen molar-refractivity contribution in [1.29, 1.82) is 0 Å². The fraction of sp³-hybridized carbons (Fsp3) is 0.438. The number of hydrogen-bond donors (Lipinski definition) is 0. The minimum atomic E-state index is -0.929. The smallest absolute Gasteiger partial charge is 0.312 e. The van der Waals surface area contributed by atoms with Crippen molar-refractivity contribution in [3.8, 4) is 0 Å². The van der Waals surface area contributed by atoms with Gasteiger partial charge in [-0.2, -0.15) is 0 Å². The lowest BCUT2D eigenvalue weighted by atomic mass is 9.74. The number of carbonyl (C=O) groups excluding carboxylic acids is 1. The van der Waals surface area contributed by atoms with E-state index in [1.54, 1.807) is 7.11 Å². The van der Waals surface area contributed by atoms with E-state index < -0.39 is 5.79 Å². The molecule has 0 unspecified atom stereocenters. The van der Waals surface area contributed by atoms with Gasteiger partial charge in [0.25, 0.3) is 0 Å². The van der Waals surface area contributed by atoms with E-state index in [0.717, 1.165) is 11.1 Å². The Kier molecular flexibility index (Phi) is 2.58. The summed E-state index contributed by atoms with van der Waals surface area (Å²) in [5.74, 6) is -1.37. The van der Waals surface area contributed by atoms with E-state index in [2.05, 4.69) is 25.1 Å². The Morgan fingerprint density at radius 2 is 2.05 bits per heavy atom. The van der Waals surface area contributed by atoms with E-state index in [1.807, 2.05) is 19.9 Å². The normalized spacial score (nSPS) is 32.4. The number of methoxy groups -OCH3 is 1. The van der Waals surface area contributed by atoms with Gasteiger partial charge in [-0.15, -0.1) is 0 Å². The second-order valence-electron chi connectivity index (χ2n) is 5.53. The van der Waals surface area contributed by atoms with Gasteiger partial charge in [-0.25, -0.2) is 0 Å². The molecule has 0 aromatic heterocycles. The van der Waals surface area contributed by atoms with Crippen LogP contribution < -0.4 is 0 Å². The van der Waals surface area contributed by atoms with E-state index in [1.165, 1.54) is 11.1 Å². The predicted octanol–water partition coefficient (Wildman–Crippen LogP) is 3.03. The minimum Gasteiger partial charge on any atom is -0.428 e. The Balaban J connectivity index is 2.26. The molecule has 1 heterocycles. The zero-order valence-corrected chi connectivity index (χ0v) is 11.7. The molecule has 0 N–H and O–H groups in total. The molecular weight excluding hydrogens is 240 g/mol. The van der Waals surface area contributed by atoms with Crippen LogP contribution >= 0.6 is 0 Å². The number of ether oxygens (including phenoxy) is 2. The third-order valence-electron chi connectivity index (χ3n) is 4.27. The largest absolute Gasteiger partial charge is 0.428 e. The third kappa shape index (κ3) is 1.58. The zero-order chi connectivity index (χ0) is 13.8. The average molecular weight is 258 g/mol. The first-order valence-electron chi connectivity index (χ1n) is 6.57. The number of esters is 1. The van der Waals surface area contributed by atoms with Crippen molar-refractivity contribution in [2.45, 2.75) is 32.5 Å². The first-order valence-corrected chi connectivity index (χ1v) is 6.57. The fourth-order valence-electron chi connectivity index (χ4n) is 3.31. The molecule has 1 aromatic rings. The zero-order valence-electron chi connectivity index (χ0n) is 11.7. The maximum absolute atomic E-state index is 12.0. The molecule has 0 saturated carbocycles. The van der Waals surface area contributed by atoms with Crippen molar-refractivity contribution in [2.24, 2.45) is 5.92 Å². The van der Waals surface area contributed by atoms with Crippen LogP contribution in [0.2, 0.25) is 0 Å². The second-order valence-corrected chi connectivity index (χ2v) is 5.53. The molecule has 3 nitrogen and oxygen atoms in total. The number of hydrogen-bond acceptors (Lipinski definition) is 3. The lowest BCUT2D eigenvalue weighted by Gasteiger charge is -2.35. The Hall–Kier alpha value is -1.61. The van der Waals surface area contributed by atoms with Gasteiger partial charge in [-0.1, -0.05) is 30.7 Å². The summed E-state index contributed by atoms with van der Waals surface area (Å²) in [4.78, 5) is 12.0. The number of carbonyl (C=O) groups is 1. The van der Waals surface area contributed by atoms with Crippen molar-refractivity contribution in [3.63, 3.8) is 0 Å². The molecule has 1 fully saturated rings. The van der Waals surface area contributed by atoms with Crippen molar-refractivity contribution in [1.82, 2.24) is 0 Å². The molecule has 19 heavy (non-hydrogen) atoms. The molecule has 0 radical (unpaired) electrons. The molecule has 0 spiro atoms. The summed E-state index contributed by atoms with van der Waals surface area (Å²) in [6.45, 7) is 6.00. The summed E-state index contributed by atoms with van der Waals surface area (Å²) in [6, 6.07) is 6.35. The molecule has 3 atom stereocenters. The molecule has 3 rings (SSSR count). The van der Waals surface area contributed by atoms with Crippen LogP contribution in [0.15, 0.2) is 24.3 Å². The van der Waals surface area contributed by atoms with Gasteiger partial charge in [0.15, 0.2) is 0 Å². The van der Waals surface area contributed by atoms with E-state index >= 15 is 0 Å². The van der Waals surface area contributed by atoms with E-state index in [9.17, 15) is 4.79 Å². The Labute approximate surface area is 113 Å². The van der Waals surface area contributed by atoms with Crippen LogP contribution in [0.3, 0.4) is 0 Å². The number of aryl methyl sites for hydroxylation is 1. The Morgan fingerprint density at radius 3 is 2.74 bits per heavy atom. The van der Waals surface area contributed by atoms with Gasteiger partial charge >= 0.3 is 5.97 Å². The number of benzene rings is 1. The minimum absolute atomic E-state index is 0.0661. The van der Waals surface area contributed by atoms with Crippen LogP contribution in [0, 0.1) is 12.8 Å². The maximum Gasteiger partial charge on any atom is 0.312 e. The van der Waals surface area contributed by atoms with Crippen LogP contribution in [0.5, 0.6) is 0 Å². The number of rotatable bonds is 1. The van der Waals surface area contributed by atoms with Crippen molar-refractivity contribution in [2.75, 3.05) is 7.11 Å². The molecule has 3 heteroatoms. The van der Waals surface area contributed by atoms with Crippen LogP contribution in [0.25, 0.3) is 5.57 Å². The standard InChI is InChI=1S/C16H18O3/c1-9-5-6-12-10(2)8-16(18-4)14(13(12)7-9)11(3)15(17)19-16/h5-8,11,14H,1-4H3/t11-,14+,16+/m0/s1. The summed E-state index contributed by atoms with van der Waals surface area (Å²) in [7, 11) is 1.60. The monoisotopic (exact) mass is 258 g/mol. The number of allylic oxidation sites excluding steroid dienone is 1. The molecule has 2 aliphatic rings. The fourth-order valence-corrected chi connectivity index (χ4v) is 3.31. The summed E-state index contributed by atoms with van der Waals surface area (Å²) in [5, 5.41) is 0. The van der Waals surface area contributed by atoms with Gasteiger partial charge in [0, 0.05) is 7.11 Å². The lowest BCUT2D eigenvalue weighted by molar-refractivity contribution is -0.184. The lowest BCUT2D eigenvalue weighted by Crippen LogP contribution is -2.38. The van der Waals surface area contributed by atoms with E-state index in [0.29, 0.717) is 0 Å². The highest BCUT2D eigenvalue weighted by Crippen LogP contribution is 2.51. The van der Waals surface area contributed by atoms with Gasteiger partial charge in [0.2, 0.25) is 5.79 Å². The molecule has 100 valence electrons. The molecule has 1 aromatic carbocycles. The molecule has 1 saturated heterocycles. The van der Waals surface area contributed by atoms with Crippen LogP contribution in [0.1, 0.15) is 36.5 Å². The Bertz CT molecular complexity index is 588. The first-order chi connectivity index (χ1) is 8.98. The van der Waals surface area contributed by atoms with Crippen molar-refractivity contribution < 1.29 is 14.3 Å². The van der Waals surface area contributed by atoms with Crippen LogP contribution in [0.4, 0.5) is 0 Å². The molecular formula is C16H18O3. The molecule has 0 amide bonds. The second kappa shape index (κ2) is 3.94. The summed E-state index contributed by atoms with van der Waals surface area (Å²) < 4.78 is 11.1. The van der Waals surface area contributed by atoms with Gasteiger partial charge in [-0.3, -0.25) is 4.79 Å². The maximum atomic E-state index is 12.0. The highest BCUT2D eigenvalue weighted by Gasteiger charge is 2.56. The third-order valence-corrected chi connectivity index (χ3v) is 4.27. The molecule has 1 aliphatic carbocycles.